The summed E-state index contributed by atoms with van der Waals surface area (Å²) in [5.74, 6) is 4.23. The van der Waals surface area contributed by atoms with Gasteiger partial charge in [-0.15, -0.1) is 0 Å². The molecule has 0 unspecified atom stereocenters. The zero-order chi connectivity index (χ0) is 37.8. The van der Waals surface area contributed by atoms with Gasteiger partial charge >= 0.3 is 0 Å². The lowest BCUT2D eigenvalue weighted by Crippen LogP contribution is -2.05. The summed E-state index contributed by atoms with van der Waals surface area (Å²) in [6.45, 7) is 0.253. The maximum Gasteiger partial charge on any atom is 0.163 e. The highest BCUT2D eigenvalue weighted by Crippen LogP contribution is 2.37. The van der Waals surface area contributed by atoms with Gasteiger partial charge in [0.05, 0.1) is 35.0 Å². The van der Waals surface area contributed by atoms with E-state index in [0.717, 1.165) is 21.9 Å². The molecule has 0 aliphatic carbocycles. The van der Waals surface area contributed by atoms with E-state index in [2.05, 4.69) is 51.0 Å². The van der Waals surface area contributed by atoms with Crippen LogP contribution in [-0.2, 0) is 22.9 Å². The topological polar surface area (TPSA) is 211 Å². The molecule has 0 saturated carbocycles. The Labute approximate surface area is 314 Å². The van der Waals surface area contributed by atoms with Gasteiger partial charge in [-0.1, -0.05) is 24.3 Å². The molecular formula is C38H33N11O5S. The number of fused-ring (bicyclic) bond motifs is 2. The zero-order valence-corrected chi connectivity index (χ0v) is 30.3. The van der Waals surface area contributed by atoms with Gasteiger partial charge in [-0.3, -0.25) is 10.2 Å². The average Bonchev–Trinajstić information content (AvgIpc) is 3.94. The second-order valence-corrected chi connectivity index (χ2v) is 14.1. The van der Waals surface area contributed by atoms with E-state index in [1.54, 1.807) is 99.4 Å². The van der Waals surface area contributed by atoms with Crippen molar-refractivity contribution in [3.63, 3.8) is 0 Å². The number of ether oxygens (including phenoxy) is 4. The highest BCUT2D eigenvalue weighted by atomic mass is 32.2. The minimum atomic E-state index is -3.41. The number of hydrogen-bond acceptors (Lipinski definition) is 14. The predicted octanol–water partition coefficient (Wildman–Crippen LogP) is 7.15. The lowest BCUT2D eigenvalue weighted by atomic mass is 10.2. The summed E-state index contributed by atoms with van der Waals surface area (Å²) in [5, 5.41) is 21.6. The monoisotopic (exact) mass is 755 g/mol. The number of aromatic nitrogens is 8. The molecule has 4 aromatic carbocycles. The molecule has 0 fully saturated rings. The molecule has 276 valence electrons. The van der Waals surface area contributed by atoms with Gasteiger partial charge in [0.25, 0.3) is 0 Å². The molecule has 0 amide bonds. The van der Waals surface area contributed by atoms with E-state index in [1.807, 2.05) is 12.1 Å². The molecule has 0 aliphatic heterocycles. The summed E-state index contributed by atoms with van der Waals surface area (Å²) in [6.07, 6.45) is 6.33. The predicted molar refractivity (Wildman–Crippen MR) is 205 cm³/mol. The molecule has 55 heavy (non-hydrogen) atoms. The van der Waals surface area contributed by atoms with Crippen molar-refractivity contribution in [2.24, 2.45) is 0 Å². The number of rotatable bonds is 14. The highest BCUT2D eigenvalue weighted by molar-refractivity contribution is 7.92. The van der Waals surface area contributed by atoms with E-state index < -0.39 is 9.73 Å². The van der Waals surface area contributed by atoms with Crippen LogP contribution in [0.25, 0.3) is 21.8 Å². The van der Waals surface area contributed by atoms with Crippen LogP contribution < -0.4 is 29.6 Å². The van der Waals surface area contributed by atoms with Crippen LogP contribution in [0.1, 0.15) is 11.1 Å². The van der Waals surface area contributed by atoms with E-state index in [4.69, 9.17) is 23.7 Å². The van der Waals surface area contributed by atoms with Crippen LogP contribution in [0.5, 0.6) is 23.0 Å². The van der Waals surface area contributed by atoms with Crippen molar-refractivity contribution in [3.05, 3.63) is 121 Å². The molecule has 8 rings (SSSR count). The third kappa shape index (κ3) is 7.36. The fraction of sp³-hybridized carbons (Fsp3) is 0.105. The van der Waals surface area contributed by atoms with E-state index in [1.165, 1.54) is 12.7 Å². The summed E-state index contributed by atoms with van der Waals surface area (Å²) >= 11 is 0. The Hall–Kier alpha value is -7.27. The van der Waals surface area contributed by atoms with Gasteiger partial charge in [0, 0.05) is 47.4 Å². The molecule has 0 bridgehead atoms. The van der Waals surface area contributed by atoms with Crippen LogP contribution in [0, 0.1) is 4.78 Å². The first-order valence-corrected chi connectivity index (χ1v) is 18.3. The lowest BCUT2D eigenvalue weighted by molar-refractivity contribution is 0.285. The molecule has 5 N–H and O–H groups in total. The van der Waals surface area contributed by atoms with Crippen molar-refractivity contribution in [1.29, 1.82) is 4.78 Å². The van der Waals surface area contributed by atoms with Gasteiger partial charge in [0.15, 0.2) is 34.6 Å². The third-order valence-corrected chi connectivity index (χ3v) is 10.4. The van der Waals surface area contributed by atoms with Crippen molar-refractivity contribution in [2.75, 3.05) is 24.9 Å². The first kappa shape index (κ1) is 34.8. The van der Waals surface area contributed by atoms with Gasteiger partial charge < -0.3 is 29.6 Å². The van der Waals surface area contributed by atoms with E-state index >= 15 is 0 Å². The quantitative estimate of drug-likeness (QED) is 0.0748. The minimum absolute atomic E-state index is 0.127. The Bertz CT molecular complexity index is 2550. The largest absolute Gasteiger partial charge is 0.493 e. The number of methoxy groups -OCH3 is 2. The number of anilines is 4. The van der Waals surface area contributed by atoms with Gasteiger partial charge in [-0.25, -0.2) is 28.9 Å². The Morgan fingerprint density at radius 1 is 0.618 bits per heavy atom. The first-order chi connectivity index (χ1) is 26.9. The molecule has 0 aliphatic rings. The molecular weight excluding hydrogens is 723 g/mol. The Balaban J connectivity index is 0.977. The van der Waals surface area contributed by atoms with Crippen LogP contribution in [0.15, 0.2) is 120 Å². The molecule has 17 heteroatoms. The van der Waals surface area contributed by atoms with Crippen molar-refractivity contribution in [1.82, 2.24) is 40.3 Å². The fourth-order valence-electron chi connectivity index (χ4n) is 5.86. The van der Waals surface area contributed by atoms with Gasteiger partial charge in [0.1, 0.15) is 47.2 Å². The maximum atomic E-state index is 14.1. The van der Waals surface area contributed by atoms with Crippen molar-refractivity contribution >= 4 is 54.8 Å². The molecule has 4 aromatic heterocycles. The van der Waals surface area contributed by atoms with Crippen LogP contribution in [0.2, 0.25) is 0 Å². The Kier molecular flexibility index (Phi) is 9.49. The summed E-state index contributed by atoms with van der Waals surface area (Å²) in [4.78, 5) is 18.2. The highest BCUT2D eigenvalue weighted by Gasteiger charge is 2.18. The zero-order valence-electron chi connectivity index (χ0n) is 29.4. The van der Waals surface area contributed by atoms with Gasteiger partial charge in [0.2, 0.25) is 0 Å². The van der Waals surface area contributed by atoms with Gasteiger partial charge in [-0.05, 0) is 47.5 Å². The smallest absolute Gasteiger partial charge is 0.163 e. The van der Waals surface area contributed by atoms with Crippen molar-refractivity contribution in [2.45, 2.75) is 23.0 Å². The summed E-state index contributed by atoms with van der Waals surface area (Å²) in [5.41, 5.74) is 2.71. The first-order valence-electron chi connectivity index (χ1n) is 16.8. The van der Waals surface area contributed by atoms with Crippen LogP contribution >= 0.6 is 0 Å². The molecule has 0 radical (unpaired) electrons. The number of H-pyrrole nitrogens is 2. The second kappa shape index (κ2) is 15.0. The number of aromatic amines is 2. The number of benzene rings is 4. The number of nitrogens with zero attached hydrogens (tertiary/aromatic N) is 6. The lowest BCUT2D eigenvalue weighted by Gasteiger charge is -2.15. The number of nitrogens with one attached hydrogen (secondary N) is 5. The van der Waals surface area contributed by atoms with E-state index in [9.17, 15) is 4.21 Å². The second-order valence-electron chi connectivity index (χ2n) is 12.1. The molecule has 0 spiro atoms. The SMILES string of the molecule is COc1cc2c(Nc3cc[nH]n3)ncnc2cc1OCc1cccc(S(=N)(=O)c2cccc(COc3cc4ncnc(Nc5cc[nH]n5)c4cc3OC)c2)c1. The molecule has 0 atom stereocenters. The standard InChI is InChI=1S/C38H33N11O5S/c1-51-31-15-27-29(40-21-42-37(27)46-35-9-11-44-48-35)17-33(31)53-19-23-5-3-7-25(13-23)55(39,50)26-8-4-6-24(14-26)20-54-34-18-30-28(16-32(34)52-2)38(43-22-41-30)47-36-10-12-45-49-36/h3-18,21-22,39H,19-20H2,1-2H3,(H2,40,42,44,46,48)(H2,41,43,45,47,49). The Morgan fingerprint density at radius 2 is 1.09 bits per heavy atom. The average molecular weight is 756 g/mol. The summed E-state index contributed by atoms with van der Waals surface area (Å²) in [7, 11) is -0.301. The molecule has 4 heterocycles. The normalized spacial score (nSPS) is 11.4. The van der Waals surface area contributed by atoms with Crippen molar-refractivity contribution in [3.8, 4) is 23.0 Å². The maximum absolute atomic E-state index is 14.1. The van der Waals surface area contributed by atoms with Crippen molar-refractivity contribution < 1.29 is 23.2 Å². The fourth-order valence-corrected chi connectivity index (χ4v) is 7.31. The van der Waals surface area contributed by atoms with Crippen LogP contribution in [0.3, 0.4) is 0 Å². The van der Waals surface area contributed by atoms with Gasteiger partial charge in [-0.2, -0.15) is 10.2 Å². The summed E-state index contributed by atoms with van der Waals surface area (Å²) in [6, 6.07) is 24.7. The van der Waals surface area contributed by atoms with Crippen LogP contribution in [0.4, 0.5) is 23.3 Å². The Morgan fingerprint density at radius 3 is 1.51 bits per heavy atom. The molecule has 0 saturated heterocycles. The third-order valence-electron chi connectivity index (χ3n) is 8.59. The number of hydrogen-bond donors (Lipinski definition) is 5. The van der Waals surface area contributed by atoms with Crippen LogP contribution in [-0.4, -0.2) is 58.8 Å². The molecule has 16 nitrogen and oxygen atoms in total. The van der Waals surface area contributed by atoms with E-state index in [0.29, 0.717) is 67.1 Å². The van der Waals surface area contributed by atoms with E-state index in [-0.39, 0.29) is 13.2 Å². The molecule has 8 aromatic rings. The minimum Gasteiger partial charge on any atom is -0.493 e. The summed E-state index contributed by atoms with van der Waals surface area (Å²) < 4.78 is 46.8.